The molecule has 19 heavy (non-hydrogen) atoms. The van der Waals surface area contributed by atoms with Crippen molar-refractivity contribution in [1.82, 2.24) is 0 Å². The number of aliphatic hydroxyl groups excluding tert-OH is 1. The van der Waals surface area contributed by atoms with Crippen LogP contribution in [0.1, 0.15) is 6.92 Å². The fraction of sp³-hybridized carbons (Fsp3) is 0.250. The van der Waals surface area contributed by atoms with Gasteiger partial charge in [-0.25, -0.2) is 0 Å². The van der Waals surface area contributed by atoms with Gasteiger partial charge in [-0.3, -0.25) is 0 Å². The average Bonchev–Trinajstić information content (AvgIpc) is 2.45. The summed E-state index contributed by atoms with van der Waals surface area (Å²) in [6.45, 7) is 5.89. The molecule has 0 saturated heterocycles. The summed E-state index contributed by atoms with van der Waals surface area (Å²) in [4.78, 5) is 2.37. The summed E-state index contributed by atoms with van der Waals surface area (Å²) >= 11 is 3.46. The second-order valence-corrected chi connectivity index (χ2v) is 6.32. The van der Waals surface area contributed by atoms with Gasteiger partial charge in [-0.05, 0) is 25.1 Å². The second kappa shape index (κ2) is 9.96. The first-order chi connectivity index (χ1) is 9.30. The molecule has 0 spiro atoms. The summed E-state index contributed by atoms with van der Waals surface area (Å²) in [5.74, 6) is 0.886. The minimum atomic E-state index is 0.177. The fourth-order valence-electron chi connectivity index (χ4n) is 1.44. The van der Waals surface area contributed by atoms with Gasteiger partial charge in [0.2, 0.25) is 0 Å². The van der Waals surface area contributed by atoms with Crippen molar-refractivity contribution in [3.8, 4) is 0 Å². The first-order valence-corrected chi connectivity index (χ1v) is 8.07. The number of thioether (sulfide) groups is 2. The van der Waals surface area contributed by atoms with Crippen LogP contribution in [0.5, 0.6) is 0 Å². The number of allylic oxidation sites excluding steroid dienone is 4. The predicted molar refractivity (Wildman–Crippen MR) is 88.7 cm³/mol. The number of aliphatic hydroxyl groups is 1. The van der Waals surface area contributed by atoms with Gasteiger partial charge in [-0.2, -0.15) is 0 Å². The van der Waals surface area contributed by atoms with Crippen LogP contribution in [-0.2, 0) is 0 Å². The molecule has 0 aliphatic heterocycles. The van der Waals surface area contributed by atoms with E-state index in [9.17, 15) is 5.11 Å². The number of benzene rings is 1. The zero-order chi connectivity index (χ0) is 13.9. The van der Waals surface area contributed by atoms with E-state index in [1.54, 1.807) is 29.6 Å². The van der Waals surface area contributed by atoms with Crippen LogP contribution in [0.25, 0.3) is 0 Å². The summed E-state index contributed by atoms with van der Waals surface area (Å²) in [5, 5.41) is 9.67. The van der Waals surface area contributed by atoms with Gasteiger partial charge in [0.1, 0.15) is 0 Å². The van der Waals surface area contributed by atoms with Gasteiger partial charge in [0.05, 0.1) is 6.61 Å². The topological polar surface area (TPSA) is 20.2 Å². The Morgan fingerprint density at radius 1 is 1.37 bits per heavy atom. The molecule has 0 aromatic heterocycles. The minimum absolute atomic E-state index is 0.177. The molecule has 1 rings (SSSR count). The maximum atomic E-state index is 9.48. The van der Waals surface area contributed by atoms with Crippen molar-refractivity contribution in [2.75, 3.05) is 12.4 Å². The lowest BCUT2D eigenvalue weighted by Crippen LogP contribution is -2.11. The standard InChI is InChI=1S/C16H20OS2/c1-3-8-15(9-4-2)19-16(12-17)13-18-14-10-6-5-7-11-14/h3-11,16-17H,1,12-13H2,2H3/b9-4-,15-8+. The molecule has 1 atom stereocenters. The zero-order valence-electron chi connectivity index (χ0n) is 11.2. The monoisotopic (exact) mass is 292 g/mol. The van der Waals surface area contributed by atoms with E-state index in [0.717, 1.165) is 10.7 Å². The van der Waals surface area contributed by atoms with Crippen LogP contribution in [0.4, 0.5) is 0 Å². The van der Waals surface area contributed by atoms with Crippen LogP contribution in [-0.4, -0.2) is 22.7 Å². The highest BCUT2D eigenvalue weighted by atomic mass is 32.2. The average molecular weight is 292 g/mol. The Balaban J connectivity index is 2.53. The summed E-state index contributed by atoms with van der Waals surface area (Å²) in [5.41, 5.74) is 0. The first-order valence-electron chi connectivity index (χ1n) is 6.21. The van der Waals surface area contributed by atoms with Gasteiger partial charge < -0.3 is 5.11 Å². The Labute approximate surface area is 124 Å². The Kier molecular flexibility index (Phi) is 8.47. The molecule has 0 radical (unpaired) electrons. The summed E-state index contributed by atoms with van der Waals surface area (Å²) < 4.78 is 0. The summed E-state index contributed by atoms with van der Waals surface area (Å²) in [6.07, 6.45) is 7.80. The summed E-state index contributed by atoms with van der Waals surface area (Å²) in [7, 11) is 0. The summed E-state index contributed by atoms with van der Waals surface area (Å²) in [6, 6.07) is 10.3. The molecular weight excluding hydrogens is 272 g/mol. The molecule has 102 valence electrons. The highest BCUT2D eigenvalue weighted by molar-refractivity contribution is 8.06. The molecule has 1 nitrogen and oxygen atoms in total. The molecule has 1 aromatic rings. The number of hydrogen-bond donors (Lipinski definition) is 1. The van der Waals surface area contributed by atoms with E-state index < -0.39 is 0 Å². The molecule has 3 heteroatoms. The molecule has 0 heterocycles. The molecule has 0 fully saturated rings. The van der Waals surface area contributed by atoms with Crippen LogP contribution >= 0.6 is 23.5 Å². The van der Waals surface area contributed by atoms with Crippen molar-refractivity contribution >= 4 is 23.5 Å². The maximum absolute atomic E-state index is 9.48. The largest absolute Gasteiger partial charge is 0.395 e. The van der Waals surface area contributed by atoms with Gasteiger partial charge in [0, 0.05) is 20.8 Å². The van der Waals surface area contributed by atoms with Crippen LogP contribution in [0.2, 0.25) is 0 Å². The van der Waals surface area contributed by atoms with E-state index in [2.05, 4.69) is 18.7 Å². The predicted octanol–water partition coefficient (Wildman–Crippen LogP) is 4.52. The first kappa shape index (κ1) is 16.2. The smallest absolute Gasteiger partial charge is 0.0561 e. The third-order valence-electron chi connectivity index (χ3n) is 2.30. The highest BCUT2D eigenvalue weighted by Gasteiger charge is 2.10. The van der Waals surface area contributed by atoms with Gasteiger partial charge in [-0.15, -0.1) is 23.5 Å². The molecular formula is C16H20OS2. The Bertz CT molecular complexity index is 424. The van der Waals surface area contributed by atoms with E-state index in [1.165, 1.54) is 4.90 Å². The van der Waals surface area contributed by atoms with Gasteiger partial charge in [0.25, 0.3) is 0 Å². The zero-order valence-corrected chi connectivity index (χ0v) is 12.8. The quantitative estimate of drug-likeness (QED) is 0.562. The normalized spacial score (nSPS) is 13.7. The number of rotatable bonds is 8. The Morgan fingerprint density at radius 3 is 2.68 bits per heavy atom. The molecule has 0 aliphatic rings. The molecule has 1 N–H and O–H groups in total. The van der Waals surface area contributed by atoms with Crippen molar-refractivity contribution in [2.24, 2.45) is 0 Å². The van der Waals surface area contributed by atoms with Crippen molar-refractivity contribution in [3.63, 3.8) is 0 Å². The van der Waals surface area contributed by atoms with Crippen LogP contribution in [0.15, 0.2) is 71.0 Å². The molecule has 0 aliphatic carbocycles. The fourth-order valence-corrected chi connectivity index (χ4v) is 3.60. The third kappa shape index (κ3) is 6.71. The molecule has 0 bridgehead atoms. The van der Waals surface area contributed by atoms with E-state index in [4.69, 9.17) is 0 Å². The van der Waals surface area contributed by atoms with Crippen molar-refractivity contribution in [2.45, 2.75) is 17.1 Å². The van der Waals surface area contributed by atoms with E-state index in [0.29, 0.717) is 0 Å². The van der Waals surface area contributed by atoms with Crippen LogP contribution < -0.4 is 0 Å². The maximum Gasteiger partial charge on any atom is 0.0561 e. The van der Waals surface area contributed by atoms with E-state index in [1.807, 2.05) is 43.4 Å². The van der Waals surface area contributed by atoms with Gasteiger partial charge in [-0.1, -0.05) is 43.0 Å². The van der Waals surface area contributed by atoms with E-state index in [-0.39, 0.29) is 11.9 Å². The molecule has 0 amide bonds. The van der Waals surface area contributed by atoms with Crippen molar-refractivity contribution in [1.29, 1.82) is 0 Å². The number of hydrogen-bond acceptors (Lipinski definition) is 3. The lowest BCUT2D eigenvalue weighted by atomic mass is 10.4. The third-order valence-corrected chi connectivity index (χ3v) is 4.88. The molecule has 0 saturated carbocycles. The van der Waals surface area contributed by atoms with Crippen molar-refractivity contribution in [3.05, 3.63) is 66.1 Å². The lowest BCUT2D eigenvalue weighted by Gasteiger charge is -2.14. The SMILES string of the molecule is C=C/C=C(\C=C/C)SC(CO)CSc1ccccc1. The van der Waals surface area contributed by atoms with Crippen molar-refractivity contribution < 1.29 is 5.11 Å². The minimum Gasteiger partial charge on any atom is -0.395 e. The van der Waals surface area contributed by atoms with Crippen LogP contribution in [0.3, 0.4) is 0 Å². The van der Waals surface area contributed by atoms with Crippen LogP contribution in [0, 0.1) is 0 Å². The van der Waals surface area contributed by atoms with Gasteiger partial charge in [0.15, 0.2) is 0 Å². The lowest BCUT2D eigenvalue weighted by molar-refractivity contribution is 0.301. The molecule has 1 aromatic carbocycles. The molecule has 1 unspecified atom stereocenters. The highest BCUT2D eigenvalue weighted by Crippen LogP contribution is 2.28. The van der Waals surface area contributed by atoms with Gasteiger partial charge >= 0.3 is 0 Å². The Hall–Kier alpha value is -0.900. The Morgan fingerprint density at radius 2 is 2.11 bits per heavy atom. The second-order valence-electron chi connectivity index (χ2n) is 3.85. The van der Waals surface area contributed by atoms with E-state index >= 15 is 0 Å².